The van der Waals surface area contributed by atoms with Crippen LogP contribution in [0.3, 0.4) is 0 Å². The number of hydrogen-bond donors (Lipinski definition) is 0. The van der Waals surface area contributed by atoms with Gasteiger partial charge in [0.1, 0.15) is 13.2 Å². The molecule has 1 atom stereocenters. The van der Waals surface area contributed by atoms with Gasteiger partial charge in [0.05, 0.1) is 0 Å². The Hall–Kier alpha value is -3.41. The van der Waals surface area contributed by atoms with Crippen molar-refractivity contribution >= 4 is 17.9 Å². The lowest BCUT2D eigenvalue weighted by molar-refractivity contribution is -0.167. The van der Waals surface area contributed by atoms with Gasteiger partial charge in [0.15, 0.2) is 6.10 Å². The molecular formula is C68H118O6. The van der Waals surface area contributed by atoms with E-state index in [-0.39, 0.29) is 37.5 Å². The van der Waals surface area contributed by atoms with Crippen molar-refractivity contribution in [3.63, 3.8) is 0 Å². The molecule has 1 unspecified atom stereocenters. The van der Waals surface area contributed by atoms with E-state index in [0.29, 0.717) is 19.3 Å². The number of esters is 3. The molecule has 0 spiro atoms. The van der Waals surface area contributed by atoms with E-state index in [1.807, 2.05) is 0 Å². The van der Waals surface area contributed by atoms with E-state index >= 15 is 0 Å². The van der Waals surface area contributed by atoms with Crippen molar-refractivity contribution < 1.29 is 28.6 Å². The smallest absolute Gasteiger partial charge is 0.306 e. The Bertz CT molecular complexity index is 1420. The normalized spacial score (nSPS) is 12.6. The molecule has 0 amide bonds. The maximum Gasteiger partial charge on any atom is 0.306 e. The molecule has 0 aromatic carbocycles. The number of rotatable bonds is 57. The predicted molar refractivity (Wildman–Crippen MR) is 321 cm³/mol. The molecule has 0 aliphatic heterocycles. The van der Waals surface area contributed by atoms with Gasteiger partial charge in [-0.3, -0.25) is 14.4 Å². The van der Waals surface area contributed by atoms with Crippen LogP contribution in [0.2, 0.25) is 0 Å². The second kappa shape index (κ2) is 62.1. The molecule has 0 aliphatic carbocycles. The molecule has 0 N–H and O–H groups in total. The van der Waals surface area contributed by atoms with Crippen molar-refractivity contribution in [3.05, 3.63) is 85.1 Å². The standard InChI is InChI=1S/C68H118O6/c1-4-7-10-13-16-19-21-23-25-27-29-31-33-34-36-37-39-41-43-45-47-49-52-55-58-61-67(70)73-64-65(63-72-66(69)60-57-54-51-18-15-12-9-6-3)74-68(71)62-59-56-53-50-48-46-44-42-40-38-35-32-30-28-26-24-22-20-17-14-11-8-5-2/h8,11,17,20,24,26,30,32,38,40,44,46,50,53,65H,4-7,9-10,12-16,18-19,21-23,25,27-29,31,33-37,39,41-43,45,47-49,51-52,54-64H2,1-3H3/b11-8-,20-17-,26-24-,32-30-,40-38-,46-44-,53-50-. The summed E-state index contributed by atoms with van der Waals surface area (Å²) in [7, 11) is 0. The Labute approximate surface area is 458 Å². The Kier molecular flexibility index (Phi) is 59.3. The largest absolute Gasteiger partial charge is 0.462 e. The molecule has 74 heavy (non-hydrogen) atoms. The highest BCUT2D eigenvalue weighted by Crippen LogP contribution is 2.17. The van der Waals surface area contributed by atoms with E-state index in [0.717, 1.165) is 89.9 Å². The summed E-state index contributed by atoms with van der Waals surface area (Å²) in [6.07, 6.45) is 81.9. The first kappa shape index (κ1) is 70.6. The van der Waals surface area contributed by atoms with Crippen molar-refractivity contribution in [3.8, 4) is 0 Å². The quantitative estimate of drug-likeness (QED) is 0.0261. The molecule has 0 rings (SSSR count). The van der Waals surface area contributed by atoms with Crippen LogP contribution in [0.4, 0.5) is 0 Å². The summed E-state index contributed by atoms with van der Waals surface area (Å²) in [6, 6.07) is 0. The lowest BCUT2D eigenvalue weighted by Crippen LogP contribution is -2.30. The summed E-state index contributed by atoms with van der Waals surface area (Å²) in [5.41, 5.74) is 0. The average molecular weight is 1030 g/mol. The third kappa shape index (κ3) is 59.5. The molecule has 6 nitrogen and oxygen atoms in total. The third-order valence-corrected chi connectivity index (χ3v) is 13.7. The molecule has 0 aromatic rings. The molecular weight excluding hydrogens is 913 g/mol. The Morgan fingerprint density at radius 2 is 0.527 bits per heavy atom. The molecule has 0 bridgehead atoms. The van der Waals surface area contributed by atoms with Crippen molar-refractivity contribution in [2.45, 2.75) is 316 Å². The van der Waals surface area contributed by atoms with Crippen LogP contribution in [-0.4, -0.2) is 37.2 Å². The Balaban J connectivity index is 4.25. The first-order chi connectivity index (χ1) is 36.5. The molecule has 0 fully saturated rings. The summed E-state index contributed by atoms with van der Waals surface area (Å²) in [4.78, 5) is 38.1. The van der Waals surface area contributed by atoms with Crippen molar-refractivity contribution in [2.24, 2.45) is 0 Å². The van der Waals surface area contributed by atoms with Gasteiger partial charge in [-0.05, 0) is 70.6 Å². The first-order valence-electron chi connectivity index (χ1n) is 31.6. The van der Waals surface area contributed by atoms with Crippen molar-refractivity contribution in [1.29, 1.82) is 0 Å². The van der Waals surface area contributed by atoms with Crippen LogP contribution in [0.15, 0.2) is 85.1 Å². The lowest BCUT2D eigenvalue weighted by atomic mass is 10.0. The van der Waals surface area contributed by atoms with Gasteiger partial charge in [-0.15, -0.1) is 0 Å². The zero-order chi connectivity index (χ0) is 53.6. The van der Waals surface area contributed by atoms with Gasteiger partial charge in [0.25, 0.3) is 0 Å². The average Bonchev–Trinajstić information content (AvgIpc) is 3.40. The third-order valence-electron chi connectivity index (χ3n) is 13.7. The van der Waals surface area contributed by atoms with E-state index in [2.05, 4.69) is 106 Å². The van der Waals surface area contributed by atoms with Crippen LogP contribution in [0.1, 0.15) is 310 Å². The fourth-order valence-electron chi connectivity index (χ4n) is 8.96. The highest BCUT2D eigenvalue weighted by Gasteiger charge is 2.19. The van der Waals surface area contributed by atoms with Gasteiger partial charge in [-0.2, -0.15) is 0 Å². The minimum absolute atomic E-state index is 0.0963. The van der Waals surface area contributed by atoms with Gasteiger partial charge < -0.3 is 14.2 Å². The van der Waals surface area contributed by atoms with E-state index < -0.39 is 6.10 Å². The van der Waals surface area contributed by atoms with E-state index in [1.165, 1.54) is 173 Å². The zero-order valence-electron chi connectivity index (χ0n) is 48.8. The van der Waals surface area contributed by atoms with Gasteiger partial charge >= 0.3 is 17.9 Å². The molecule has 0 saturated heterocycles. The van der Waals surface area contributed by atoms with Crippen molar-refractivity contribution in [2.75, 3.05) is 13.2 Å². The molecule has 426 valence electrons. The monoisotopic (exact) mass is 1030 g/mol. The van der Waals surface area contributed by atoms with Crippen LogP contribution in [0.5, 0.6) is 0 Å². The van der Waals surface area contributed by atoms with Crippen LogP contribution >= 0.6 is 0 Å². The van der Waals surface area contributed by atoms with Gasteiger partial charge in [-0.1, -0.05) is 305 Å². The van der Waals surface area contributed by atoms with Crippen molar-refractivity contribution in [1.82, 2.24) is 0 Å². The summed E-state index contributed by atoms with van der Waals surface area (Å²) >= 11 is 0. The zero-order valence-corrected chi connectivity index (χ0v) is 48.8. The number of unbranched alkanes of at least 4 members (excludes halogenated alkanes) is 32. The number of ether oxygens (including phenoxy) is 3. The topological polar surface area (TPSA) is 78.9 Å². The molecule has 6 heteroatoms. The van der Waals surface area contributed by atoms with Gasteiger partial charge in [-0.25, -0.2) is 0 Å². The summed E-state index contributed by atoms with van der Waals surface area (Å²) < 4.78 is 16.8. The fourth-order valence-corrected chi connectivity index (χ4v) is 8.96. The minimum atomic E-state index is -0.804. The summed E-state index contributed by atoms with van der Waals surface area (Å²) in [5.74, 6) is -0.950. The Morgan fingerprint density at radius 3 is 0.811 bits per heavy atom. The second-order valence-corrected chi connectivity index (χ2v) is 21.0. The number of carbonyl (C=O) groups excluding carboxylic acids is 3. The van der Waals surface area contributed by atoms with Gasteiger partial charge in [0.2, 0.25) is 0 Å². The highest BCUT2D eigenvalue weighted by molar-refractivity contribution is 5.71. The highest BCUT2D eigenvalue weighted by atomic mass is 16.6. The van der Waals surface area contributed by atoms with E-state index in [4.69, 9.17) is 14.2 Å². The Morgan fingerprint density at radius 1 is 0.284 bits per heavy atom. The minimum Gasteiger partial charge on any atom is -0.462 e. The van der Waals surface area contributed by atoms with Gasteiger partial charge in [0, 0.05) is 19.3 Å². The number of allylic oxidation sites excluding steroid dienone is 14. The summed E-state index contributed by atoms with van der Waals surface area (Å²) in [6.45, 7) is 6.48. The maximum absolute atomic E-state index is 12.8. The molecule has 0 aromatic heterocycles. The molecule has 0 aliphatic rings. The SMILES string of the molecule is CC/C=C\C/C=C\C/C=C\C/C=C\C/C=C\C/C=C\C/C=C\CCCC(=O)OC(COC(=O)CCCCCCCCCC)COC(=O)CCCCCCCCCCCCCCCCCCCCCCCCCCC. The second-order valence-electron chi connectivity index (χ2n) is 21.0. The van der Waals surface area contributed by atoms with Crippen LogP contribution in [0.25, 0.3) is 0 Å². The molecule has 0 saturated carbocycles. The number of hydrogen-bond acceptors (Lipinski definition) is 6. The van der Waals surface area contributed by atoms with E-state index in [1.54, 1.807) is 0 Å². The lowest BCUT2D eigenvalue weighted by Gasteiger charge is -2.18. The fraction of sp³-hybridized carbons (Fsp3) is 0.750. The predicted octanol–water partition coefficient (Wildman–Crippen LogP) is 21.5. The van der Waals surface area contributed by atoms with Crippen LogP contribution in [0, 0.1) is 0 Å². The first-order valence-corrected chi connectivity index (χ1v) is 31.6. The summed E-state index contributed by atoms with van der Waals surface area (Å²) in [5, 5.41) is 0. The molecule has 0 radical (unpaired) electrons. The molecule has 0 heterocycles. The maximum atomic E-state index is 12.8. The van der Waals surface area contributed by atoms with Crippen LogP contribution in [-0.2, 0) is 28.6 Å². The number of carbonyl (C=O) groups is 3. The van der Waals surface area contributed by atoms with Crippen LogP contribution < -0.4 is 0 Å². The van der Waals surface area contributed by atoms with E-state index in [9.17, 15) is 14.4 Å².